The first-order valence-corrected chi connectivity index (χ1v) is 9.28. The molecule has 1 aromatic heterocycles. The van der Waals surface area contributed by atoms with Crippen LogP contribution in [0.5, 0.6) is 5.75 Å². The number of hydrogen-bond acceptors (Lipinski definition) is 5. The molecule has 3 rings (SSSR count). The van der Waals surface area contributed by atoms with Gasteiger partial charge in [0.2, 0.25) is 0 Å². The van der Waals surface area contributed by atoms with E-state index in [1.54, 1.807) is 29.2 Å². The Balaban J connectivity index is 0.00000261. The fourth-order valence-corrected chi connectivity index (χ4v) is 3.54. The van der Waals surface area contributed by atoms with Gasteiger partial charge in [-0.15, -0.1) is 12.4 Å². The summed E-state index contributed by atoms with van der Waals surface area (Å²) in [6.45, 7) is 3.40. The Morgan fingerprint density at radius 3 is 2.81 bits per heavy atom. The van der Waals surface area contributed by atoms with Gasteiger partial charge in [-0.05, 0) is 37.8 Å². The number of likely N-dealkylation sites (tertiary alicyclic amines) is 1. The summed E-state index contributed by atoms with van der Waals surface area (Å²) >= 11 is 12.1. The van der Waals surface area contributed by atoms with Crippen molar-refractivity contribution >= 4 is 41.5 Å². The number of carbonyl (C=O) groups is 1. The second kappa shape index (κ2) is 9.64. The number of benzene rings is 1. The van der Waals surface area contributed by atoms with Crippen molar-refractivity contribution in [2.24, 2.45) is 11.7 Å². The Bertz CT molecular complexity index is 762. The molecule has 1 fully saturated rings. The average molecular weight is 435 g/mol. The van der Waals surface area contributed by atoms with Gasteiger partial charge in [0.1, 0.15) is 6.61 Å². The van der Waals surface area contributed by atoms with E-state index in [9.17, 15) is 4.79 Å². The quantitative estimate of drug-likeness (QED) is 0.763. The molecule has 0 spiro atoms. The standard InChI is InChI=1S/C18H21Cl2N3O3.ClH/c1-11(21)12-4-3-7-23(9-12)18(24)16-8-13(26-22-16)10-25-17-14(19)5-2-6-15(17)20;/h2,5-6,8,11-12H,3-4,7,9-10,21H2,1H3;1H. The van der Waals surface area contributed by atoms with E-state index in [1.165, 1.54) is 0 Å². The van der Waals surface area contributed by atoms with Crippen LogP contribution in [0.2, 0.25) is 10.0 Å². The Morgan fingerprint density at radius 1 is 1.44 bits per heavy atom. The summed E-state index contributed by atoms with van der Waals surface area (Å²) in [6, 6.07) is 6.75. The minimum absolute atomic E-state index is 0. The van der Waals surface area contributed by atoms with E-state index in [0.717, 1.165) is 12.8 Å². The van der Waals surface area contributed by atoms with E-state index in [4.69, 9.17) is 38.2 Å². The van der Waals surface area contributed by atoms with E-state index < -0.39 is 0 Å². The van der Waals surface area contributed by atoms with Gasteiger partial charge < -0.3 is 19.9 Å². The van der Waals surface area contributed by atoms with Crippen LogP contribution in [-0.2, 0) is 6.61 Å². The third-order valence-corrected chi connectivity index (χ3v) is 5.14. The van der Waals surface area contributed by atoms with E-state index in [1.807, 2.05) is 6.92 Å². The molecule has 27 heavy (non-hydrogen) atoms. The number of nitrogens with zero attached hydrogens (tertiary/aromatic N) is 2. The first kappa shape index (κ1) is 21.8. The molecular weight excluding hydrogens is 413 g/mol. The lowest BCUT2D eigenvalue weighted by atomic mass is 9.92. The molecule has 0 aliphatic carbocycles. The zero-order chi connectivity index (χ0) is 18.7. The van der Waals surface area contributed by atoms with E-state index >= 15 is 0 Å². The highest BCUT2D eigenvalue weighted by Crippen LogP contribution is 2.33. The second-order valence-electron chi connectivity index (χ2n) is 6.53. The number of piperidine rings is 1. The van der Waals surface area contributed by atoms with Gasteiger partial charge in [-0.25, -0.2) is 0 Å². The minimum atomic E-state index is -0.152. The Morgan fingerprint density at radius 2 is 2.15 bits per heavy atom. The maximum atomic E-state index is 12.6. The summed E-state index contributed by atoms with van der Waals surface area (Å²) in [5.41, 5.74) is 6.24. The third kappa shape index (κ3) is 5.29. The lowest BCUT2D eigenvalue weighted by Crippen LogP contribution is -2.45. The highest BCUT2D eigenvalue weighted by atomic mass is 35.5. The zero-order valence-electron chi connectivity index (χ0n) is 14.9. The van der Waals surface area contributed by atoms with Crippen LogP contribution in [0.1, 0.15) is 36.0 Å². The monoisotopic (exact) mass is 433 g/mol. The fraction of sp³-hybridized carbons (Fsp3) is 0.444. The smallest absolute Gasteiger partial charge is 0.276 e. The molecule has 0 bridgehead atoms. The highest BCUT2D eigenvalue weighted by molar-refractivity contribution is 6.37. The van der Waals surface area contributed by atoms with Crippen LogP contribution in [0, 0.1) is 5.92 Å². The summed E-state index contributed by atoms with van der Waals surface area (Å²) in [4.78, 5) is 14.4. The van der Waals surface area contributed by atoms with Gasteiger partial charge in [-0.1, -0.05) is 34.4 Å². The predicted molar refractivity (Wildman–Crippen MR) is 107 cm³/mol. The second-order valence-corrected chi connectivity index (χ2v) is 7.34. The molecule has 1 aliphatic heterocycles. The van der Waals surface area contributed by atoms with Crippen LogP contribution >= 0.6 is 35.6 Å². The largest absolute Gasteiger partial charge is 0.482 e. The zero-order valence-corrected chi connectivity index (χ0v) is 17.2. The van der Waals surface area contributed by atoms with Gasteiger partial charge in [0.15, 0.2) is 17.2 Å². The number of nitrogens with two attached hydrogens (primary N) is 1. The molecule has 2 aromatic rings. The van der Waals surface area contributed by atoms with Crippen LogP contribution < -0.4 is 10.5 Å². The number of para-hydroxylation sites is 1. The minimum Gasteiger partial charge on any atom is -0.482 e. The van der Waals surface area contributed by atoms with Crippen molar-refractivity contribution in [2.45, 2.75) is 32.4 Å². The van der Waals surface area contributed by atoms with Gasteiger partial charge in [0.05, 0.1) is 10.0 Å². The lowest BCUT2D eigenvalue weighted by molar-refractivity contribution is 0.0650. The van der Waals surface area contributed by atoms with Crippen LogP contribution in [0.25, 0.3) is 0 Å². The van der Waals surface area contributed by atoms with Crippen molar-refractivity contribution in [1.29, 1.82) is 0 Å². The predicted octanol–water partition coefficient (Wildman–Crippen LogP) is 4.18. The number of ether oxygens (including phenoxy) is 1. The molecule has 1 amide bonds. The third-order valence-electron chi connectivity index (χ3n) is 4.54. The maximum Gasteiger partial charge on any atom is 0.276 e. The van der Waals surface area contributed by atoms with Gasteiger partial charge in [0.25, 0.3) is 5.91 Å². The Labute approximate surface area is 174 Å². The van der Waals surface area contributed by atoms with E-state index in [0.29, 0.717) is 40.6 Å². The molecule has 2 heterocycles. The first-order valence-electron chi connectivity index (χ1n) is 8.53. The van der Waals surface area contributed by atoms with Crippen molar-refractivity contribution in [2.75, 3.05) is 13.1 Å². The highest BCUT2D eigenvalue weighted by Gasteiger charge is 2.28. The van der Waals surface area contributed by atoms with Crippen molar-refractivity contribution in [3.8, 4) is 5.75 Å². The molecule has 0 saturated carbocycles. The topological polar surface area (TPSA) is 81.6 Å². The number of amides is 1. The molecule has 2 N–H and O–H groups in total. The summed E-state index contributed by atoms with van der Waals surface area (Å²) in [5, 5.41) is 4.69. The summed E-state index contributed by atoms with van der Waals surface area (Å²) in [7, 11) is 0. The molecule has 1 aliphatic rings. The molecule has 2 atom stereocenters. The normalized spacial score (nSPS) is 17.9. The van der Waals surface area contributed by atoms with Gasteiger partial charge in [0, 0.05) is 25.2 Å². The number of carbonyl (C=O) groups excluding carboxylic acids is 1. The summed E-state index contributed by atoms with van der Waals surface area (Å²) in [5.74, 6) is 0.951. The molecule has 148 valence electrons. The maximum absolute atomic E-state index is 12.6. The average Bonchev–Trinajstić information content (AvgIpc) is 3.09. The lowest BCUT2D eigenvalue weighted by Gasteiger charge is -2.34. The number of hydrogen-bond donors (Lipinski definition) is 1. The molecule has 2 unspecified atom stereocenters. The van der Waals surface area contributed by atoms with E-state index in [2.05, 4.69) is 5.16 Å². The van der Waals surface area contributed by atoms with Crippen molar-refractivity contribution in [3.63, 3.8) is 0 Å². The summed E-state index contributed by atoms with van der Waals surface area (Å²) in [6.07, 6.45) is 1.98. The van der Waals surface area contributed by atoms with Gasteiger partial charge >= 0.3 is 0 Å². The van der Waals surface area contributed by atoms with Crippen molar-refractivity contribution in [3.05, 3.63) is 45.8 Å². The van der Waals surface area contributed by atoms with Crippen LogP contribution in [0.4, 0.5) is 0 Å². The van der Waals surface area contributed by atoms with E-state index in [-0.39, 0.29) is 36.7 Å². The van der Waals surface area contributed by atoms with Crippen molar-refractivity contribution in [1.82, 2.24) is 10.1 Å². The number of aromatic nitrogens is 1. The van der Waals surface area contributed by atoms with Gasteiger partial charge in [-0.2, -0.15) is 0 Å². The molecule has 1 saturated heterocycles. The van der Waals surface area contributed by atoms with Crippen LogP contribution in [-0.4, -0.2) is 35.1 Å². The Kier molecular flexibility index (Phi) is 7.79. The van der Waals surface area contributed by atoms with Gasteiger partial charge in [-0.3, -0.25) is 4.79 Å². The molecule has 1 aromatic carbocycles. The van der Waals surface area contributed by atoms with Crippen molar-refractivity contribution < 1.29 is 14.1 Å². The SMILES string of the molecule is CC(N)C1CCCN(C(=O)c2cc(COc3c(Cl)cccc3Cl)on2)C1.Cl. The Hall–Kier alpha value is -1.47. The number of rotatable bonds is 5. The van der Waals surface area contributed by atoms with Crippen LogP contribution in [0.15, 0.2) is 28.8 Å². The molecular formula is C18H22Cl3N3O3. The number of halogens is 3. The van der Waals surface area contributed by atoms with Crippen LogP contribution in [0.3, 0.4) is 0 Å². The fourth-order valence-electron chi connectivity index (χ4n) is 3.03. The first-order chi connectivity index (χ1) is 12.5. The molecule has 6 nitrogen and oxygen atoms in total. The molecule has 9 heteroatoms. The molecule has 0 radical (unpaired) electrons. The summed E-state index contributed by atoms with van der Waals surface area (Å²) < 4.78 is 10.8.